The highest BCUT2D eigenvalue weighted by Gasteiger charge is 2.65. The molecule has 0 aromatic rings. The summed E-state index contributed by atoms with van der Waals surface area (Å²) in [7, 11) is 0. The molecule has 0 amide bonds. The summed E-state index contributed by atoms with van der Waals surface area (Å²) in [5, 5.41) is 15.3. The lowest BCUT2D eigenvalue weighted by Gasteiger charge is -2.64. The largest absolute Gasteiger partial charge is 0.389 e. The molecule has 0 aromatic carbocycles. The van der Waals surface area contributed by atoms with Crippen molar-refractivity contribution in [3.63, 3.8) is 0 Å². The summed E-state index contributed by atoms with van der Waals surface area (Å²) < 4.78 is 0. The fourth-order valence-corrected chi connectivity index (χ4v) is 7.91. The van der Waals surface area contributed by atoms with E-state index in [1.165, 1.54) is 12.0 Å². The number of ketones is 1. The van der Waals surface area contributed by atoms with Gasteiger partial charge in [0.05, 0.1) is 5.60 Å². The Bertz CT molecular complexity index is 724. The molecule has 0 spiro atoms. The van der Waals surface area contributed by atoms with Crippen molar-refractivity contribution >= 4 is 5.78 Å². The summed E-state index contributed by atoms with van der Waals surface area (Å²) >= 11 is 0. The van der Waals surface area contributed by atoms with E-state index in [9.17, 15) is 9.90 Å². The maximum absolute atomic E-state index is 12.6. The van der Waals surface area contributed by atoms with E-state index in [0.717, 1.165) is 58.0 Å². The highest BCUT2D eigenvalue weighted by atomic mass is 16.3. The third-order valence-electron chi connectivity index (χ3n) is 9.95. The zero-order valence-corrected chi connectivity index (χ0v) is 17.7. The molecular formula is C25H37NO2. The standard InChI is InChI=1S/C25H37NO2/c1-16-12-25(28)13-17(4-5-18-14-26-15-18)8-11-24(25,3)20-9-10-23(2)19(22(16)20)6-7-21(23)27/h4-5,17-20,22,26,28H,1,6-15H2,2-3H3/b5-4-/t17-,19+,20+,22+,23+,24-,25-/m1/s1. The molecule has 28 heavy (non-hydrogen) atoms. The molecule has 0 aromatic heterocycles. The van der Waals surface area contributed by atoms with Gasteiger partial charge < -0.3 is 10.4 Å². The van der Waals surface area contributed by atoms with Gasteiger partial charge in [0.2, 0.25) is 0 Å². The quantitative estimate of drug-likeness (QED) is 0.700. The van der Waals surface area contributed by atoms with Gasteiger partial charge in [-0.15, -0.1) is 0 Å². The van der Waals surface area contributed by atoms with Crippen LogP contribution >= 0.6 is 0 Å². The van der Waals surface area contributed by atoms with Crippen molar-refractivity contribution in [1.29, 1.82) is 0 Å². The Morgan fingerprint density at radius 3 is 2.54 bits per heavy atom. The Labute approximate surface area is 170 Å². The molecule has 5 fully saturated rings. The van der Waals surface area contributed by atoms with Crippen molar-refractivity contribution in [3.8, 4) is 0 Å². The van der Waals surface area contributed by atoms with Gasteiger partial charge in [-0.1, -0.05) is 38.2 Å². The molecule has 0 bridgehead atoms. The van der Waals surface area contributed by atoms with E-state index in [1.807, 2.05) is 0 Å². The summed E-state index contributed by atoms with van der Waals surface area (Å²) in [5.41, 5.74) is 0.441. The molecule has 3 nitrogen and oxygen atoms in total. The van der Waals surface area contributed by atoms with Crippen LogP contribution in [-0.4, -0.2) is 29.6 Å². The number of nitrogens with one attached hydrogen (secondary N) is 1. The molecule has 4 aliphatic carbocycles. The van der Waals surface area contributed by atoms with Gasteiger partial charge in [0, 0.05) is 36.3 Å². The Morgan fingerprint density at radius 2 is 1.82 bits per heavy atom. The Balaban J connectivity index is 1.41. The summed E-state index contributed by atoms with van der Waals surface area (Å²) in [5.74, 6) is 3.03. The zero-order chi connectivity index (χ0) is 19.7. The van der Waals surface area contributed by atoms with Crippen LogP contribution in [0.1, 0.15) is 65.2 Å². The first kappa shape index (κ1) is 19.1. The third-order valence-corrected chi connectivity index (χ3v) is 9.95. The molecule has 5 aliphatic rings. The van der Waals surface area contributed by atoms with Crippen LogP contribution in [0.4, 0.5) is 0 Å². The smallest absolute Gasteiger partial charge is 0.139 e. The second-order valence-electron chi connectivity index (χ2n) is 11.2. The lowest BCUT2D eigenvalue weighted by Crippen LogP contribution is -2.62. The minimum atomic E-state index is -0.632. The van der Waals surface area contributed by atoms with Crippen molar-refractivity contribution < 1.29 is 9.90 Å². The molecule has 154 valence electrons. The SMILES string of the molecule is C=C1C[C@@]2(O)C[C@H](/C=C\C3CNC3)CC[C@]2(C)[C@H]2CC[C@]3(C)C(=O)CC[C@H]3[C@H]12. The van der Waals surface area contributed by atoms with Crippen molar-refractivity contribution in [3.05, 3.63) is 24.3 Å². The normalized spacial score (nSPS) is 51.5. The van der Waals surface area contributed by atoms with Gasteiger partial charge in [-0.05, 0) is 68.6 Å². The van der Waals surface area contributed by atoms with Crippen molar-refractivity contribution in [2.45, 2.75) is 70.8 Å². The van der Waals surface area contributed by atoms with Gasteiger partial charge in [-0.25, -0.2) is 0 Å². The van der Waals surface area contributed by atoms with Gasteiger partial charge in [0.25, 0.3) is 0 Å². The van der Waals surface area contributed by atoms with Gasteiger partial charge in [-0.3, -0.25) is 4.79 Å². The zero-order valence-electron chi connectivity index (χ0n) is 17.7. The minimum absolute atomic E-state index is 0.0335. The van der Waals surface area contributed by atoms with Gasteiger partial charge in [0.15, 0.2) is 0 Å². The van der Waals surface area contributed by atoms with Crippen LogP contribution in [0.3, 0.4) is 0 Å². The number of hydrogen-bond donors (Lipinski definition) is 2. The molecular weight excluding hydrogens is 346 g/mol. The van der Waals surface area contributed by atoms with Crippen LogP contribution in [-0.2, 0) is 4.79 Å². The van der Waals surface area contributed by atoms with E-state index >= 15 is 0 Å². The topological polar surface area (TPSA) is 49.3 Å². The lowest BCUT2D eigenvalue weighted by atomic mass is 9.42. The van der Waals surface area contributed by atoms with Crippen LogP contribution in [0.15, 0.2) is 24.3 Å². The Kier molecular flexibility index (Phi) is 4.28. The molecule has 1 heterocycles. The van der Waals surface area contributed by atoms with Crippen LogP contribution in [0.2, 0.25) is 0 Å². The summed E-state index contributed by atoms with van der Waals surface area (Å²) in [6.07, 6.45) is 12.6. The Hall–Kier alpha value is -0.930. The number of Topliss-reactive ketones (excluding diaryl/α,β-unsaturated/α-hetero) is 1. The highest BCUT2D eigenvalue weighted by Crippen LogP contribution is 2.68. The maximum Gasteiger partial charge on any atom is 0.139 e. The molecule has 3 heteroatoms. The van der Waals surface area contributed by atoms with E-state index in [4.69, 9.17) is 0 Å². The second kappa shape index (κ2) is 6.28. The van der Waals surface area contributed by atoms with Crippen LogP contribution in [0.25, 0.3) is 0 Å². The molecule has 2 N–H and O–H groups in total. The average Bonchev–Trinajstić information content (AvgIpc) is 2.90. The van der Waals surface area contributed by atoms with Crippen molar-refractivity contribution in [1.82, 2.24) is 5.32 Å². The number of rotatable bonds is 2. The van der Waals surface area contributed by atoms with Crippen molar-refractivity contribution in [2.24, 2.45) is 40.4 Å². The molecule has 7 atom stereocenters. The van der Waals surface area contributed by atoms with E-state index < -0.39 is 5.60 Å². The van der Waals surface area contributed by atoms with Gasteiger partial charge in [0.1, 0.15) is 5.78 Å². The van der Waals surface area contributed by atoms with Gasteiger partial charge >= 0.3 is 0 Å². The number of hydrogen-bond acceptors (Lipinski definition) is 3. The molecule has 1 aliphatic heterocycles. The molecule has 0 radical (unpaired) electrons. The van der Waals surface area contributed by atoms with E-state index in [0.29, 0.717) is 35.4 Å². The van der Waals surface area contributed by atoms with Crippen LogP contribution in [0.5, 0.6) is 0 Å². The predicted octanol–water partition coefficient (Wildman–Crippen LogP) is 4.27. The van der Waals surface area contributed by atoms with Crippen molar-refractivity contribution in [2.75, 3.05) is 13.1 Å². The van der Waals surface area contributed by atoms with Gasteiger partial charge in [-0.2, -0.15) is 0 Å². The van der Waals surface area contributed by atoms with Crippen LogP contribution < -0.4 is 5.32 Å². The lowest BCUT2D eigenvalue weighted by molar-refractivity contribution is -0.189. The van der Waals surface area contributed by atoms with E-state index in [1.54, 1.807) is 0 Å². The first-order valence-electron chi connectivity index (χ1n) is 11.6. The molecule has 0 unspecified atom stereocenters. The van der Waals surface area contributed by atoms with E-state index in [2.05, 4.69) is 37.9 Å². The second-order valence-corrected chi connectivity index (χ2v) is 11.2. The fraction of sp³-hybridized carbons (Fsp3) is 0.800. The van der Waals surface area contributed by atoms with E-state index in [-0.39, 0.29) is 10.8 Å². The predicted molar refractivity (Wildman–Crippen MR) is 112 cm³/mol. The minimum Gasteiger partial charge on any atom is -0.389 e. The number of allylic oxidation sites excluding steroid dienone is 1. The first-order valence-corrected chi connectivity index (χ1v) is 11.6. The summed E-state index contributed by atoms with van der Waals surface area (Å²) in [6.45, 7) is 11.3. The van der Waals surface area contributed by atoms with Crippen LogP contribution in [0, 0.1) is 40.4 Å². The number of carbonyl (C=O) groups excluding carboxylic acids is 1. The number of fused-ring (bicyclic) bond motifs is 5. The average molecular weight is 384 g/mol. The first-order chi connectivity index (χ1) is 13.3. The summed E-state index contributed by atoms with van der Waals surface area (Å²) in [6, 6.07) is 0. The monoisotopic (exact) mass is 383 g/mol. The number of aliphatic hydroxyl groups is 1. The summed E-state index contributed by atoms with van der Waals surface area (Å²) in [4.78, 5) is 12.6. The molecule has 4 saturated carbocycles. The highest BCUT2D eigenvalue weighted by molar-refractivity contribution is 5.87. The molecule has 5 rings (SSSR count). The number of carbonyl (C=O) groups is 1. The Morgan fingerprint density at radius 1 is 1.07 bits per heavy atom. The molecule has 1 saturated heterocycles. The fourth-order valence-electron chi connectivity index (χ4n) is 7.91. The maximum atomic E-state index is 12.6. The third kappa shape index (κ3) is 2.51.